The summed E-state index contributed by atoms with van der Waals surface area (Å²) < 4.78 is 11.2. The highest BCUT2D eigenvalue weighted by Gasteiger charge is 2.14. The molecule has 158 valence electrons. The smallest absolute Gasteiger partial charge is 0.251 e. The van der Waals surface area contributed by atoms with Crippen molar-refractivity contribution >= 4 is 35.8 Å². The average molecular weight is 504 g/mol. The third-order valence-corrected chi connectivity index (χ3v) is 4.28. The molecule has 1 aromatic rings. The van der Waals surface area contributed by atoms with Crippen LogP contribution in [0.5, 0.6) is 0 Å². The van der Waals surface area contributed by atoms with Gasteiger partial charge in [0.05, 0.1) is 12.7 Å². The minimum absolute atomic E-state index is 0. The first kappa shape index (κ1) is 24.6. The van der Waals surface area contributed by atoms with Crippen molar-refractivity contribution in [2.24, 2.45) is 4.99 Å². The van der Waals surface area contributed by atoms with Crippen LogP contribution in [0.3, 0.4) is 0 Å². The number of carbonyl (C=O) groups is 1. The SMILES string of the molecule is CN=C(NCCCNC(=O)c1ccccc1)NCCCOCC1CCCO1.I. The minimum atomic E-state index is -0.0406. The average Bonchev–Trinajstić information content (AvgIpc) is 3.22. The monoisotopic (exact) mass is 504 g/mol. The van der Waals surface area contributed by atoms with E-state index in [1.54, 1.807) is 7.05 Å². The second-order valence-electron chi connectivity index (χ2n) is 6.46. The molecule has 1 aromatic carbocycles. The topological polar surface area (TPSA) is 84.0 Å². The van der Waals surface area contributed by atoms with Gasteiger partial charge in [-0.15, -0.1) is 24.0 Å². The Labute approximate surface area is 185 Å². The summed E-state index contributed by atoms with van der Waals surface area (Å²) >= 11 is 0. The number of nitrogens with one attached hydrogen (secondary N) is 3. The number of benzene rings is 1. The van der Waals surface area contributed by atoms with E-state index >= 15 is 0 Å². The number of nitrogens with zero attached hydrogens (tertiary/aromatic N) is 1. The number of hydrogen-bond acceptors (Lipinski definition) is 4. The van der Waals surface area contributed by atoms with Crippen LogP contribution in [0.2, 0.25) is 0 Å². The van der Waals surface area contributed by atoms with Gasteiger partial charge in [-0.05, 0) is 37.8 Å². The Morgan fingerprint density at radius 2 is 1.86 bits per heavy atom. The van der Waals surface area contributed by atoms with Gasteiger partial charge in [-0.2, -0.15) is 0 Å². The highest BCUT2D eigenvalue weighted by atomic mass is 127. The Hall–Kier alpha value is -1.39. The summed E-state index contributed by atoms with van der Waals surface area (Å²) in [6.45, 7) is 4.44. The van der Waals surface area contributed by atoms with Crippen LogP contribution in [-0.4, -0.2) is 64.5 Å². The lowest BCUT2D eigenvalue weighted by Gasteiger charge is -2.13. The fourth-order valence-electron chi connectivity index (χ4n) is 2.78. The van der Waals surface area contributed by atoms with E-state index in [4.69, 9.17) is 9.47 Å². The molecule has 1 heterocycles. The molecular weight excluding hydrogens is 471 g/mol. The number of aliphatic imine (C=N–C) groups is 1. The Bertz CT molecular complexity index is 566. The Balaban J connectivity index is 0.00000392. The molecule has 1 saturated heterocycles. The second kappa shape index (κ2) is 15.5. The third kappa shape index (κ3) is 10.2. The molecule has 2 rings (SSSR count). The Morgan fingerprint density at radius 1 is 1.14 bits per heavy atom. The van der Waals surface area contributed by atoms with E-state index in [1.807, 2.05) is 30.3 Å². The molecule has 28 heavy (non-hydrogen) atoms. The van der Waals surface area contributed by atoms with Crippen LogP contribution < -0.4 is 16.0 Å². The van der Waals surface area contributed by atoms with Crippen molar-refractivity contribution in [3.05, 3.63) is 35.9 Å². The van der Waals surface area contributed by atoms with Crippen LogP contribution in [0.1, 0.15) is 36.0 Å². The van der Waals surface area contributed by atoms with Crippen molar-refractivity contribution in [1.82, 2.24) is 16.0 Å². The number of hydrogen-bond donors (Lipinski definition) is 3. The van der Waals surface area contributed by atoms with Crippen LogP contribution in [0.15, 0.2) is 35.3 Å². The molecule has 0 radical (unpaired) electrons. The van der Waals surface area contributed by atoms with Gasteiger partial charge in [-0.25, -0.2) is 0 Å². The van der Waals surface area contributed by atoms with Crippen LogP contribution >= 0.6 is 24.0 Å². The summed E-state index contributed by atoms with van der Waals surface area (Å²) in [7, 11) is 1.75. The maximum atomic E-state index is 11.9. The van der Waals surface area contributed by atoms with Gasteiger partial charge in [0.15, 0.2) is 5.96 Å². The molecule has 0 spiro atoms. The lowest BCUT2D eigenvalue weighted by molar-refractivity contribution is 0.0168. The fourth-order valence-corrected chi connectivity index (χ4v) is 2.78. The molecule has 7 nitrogen and oxygen atoms in total. The first-order valence-corrected chi connectivity index (χ1v) is 9.76. The van der Waals surface area contributed by atoms with Crippen molar-refractivity contribution in [2.75, 3.05) is 46.5 Å². The summed E-state index contributed by atoms with van der Waals surface area (Å²) in [5.41, 5.74) is 0.685. The van der Waals surface area contributed by atoms with E-state index in [0.717, 1.165) is 57.9 Å². The van der Waals surface area contributed by atoms with E-state index in [9.17, 15) is 4.79 Å². The minimum Gasteiger partial charge on any atom is -0.379 e. The number of carbonyl (C=O) groups excluding carboxylic acids is 1. The van der Waals surface area contributed by atoms with Gasteiger partial charge >= 0.3 is 0 Å². The van der Waals surface area contributed by atoms with Gasteiger partial charge in [0, 0.05) is 45.5 Å². The highest BCUT2D eigenvalue weighted by Crippen LogP contribution is 2.11. The van der Waals surface area contributed by atoms with E-state index < -0.39 is 0 Å². The van der Waals surface area contributed by atoms with Crippen LogP contribution in [0.4, 0.5) is 0 Å². The van der Waals surface area contributed by atoms with Gasteiger partial charge in [0.1, 0.15) is 0 Å². The molecule has 1 unspecified atom stereocenters. The molecule has 0 bridgehead atoms. The molecule has 0 saturated carbocycles. The summed E-state index contributed by atoms with van der Waals surface area (Å²) in [6, 6.07) is 9.24. The Morgan fingerprint density at radius 3 is 2.54 bits per heavy atom. The van der Waals surface area contributed by atoms with Gasteiger partial charge in [-0.3, -0.25) is 9.79 Å². The molecule has 1 fully saturated rings. The van der Waals surface area contributed by atoms with Crippen LogP contribution in [0.25, 0.3) is 0 Å². The first-order chi connectivity index (χ1) is 13.3. The molecule has 0 aliphatic carbocycles. The number of ether oxygens (including phenoxy) is 2. The highest BCUT2D eigenvalue weighted by molar-refractivity contribution is 14.0. The van der Waals surface area contributed by atoms with E-state index in [-0.39, 0.29) is 36.0 Å². The number of rotatable bonds is 11. The summed E-state index contributed by atoms with van der Waals surface area (Å²) in [5.74, 6) is 0.727. The predicted molar refractivity (Wildman–Crippen MR) is 123 cm³/mol. The molecule has 1 aliphatic heterocycles. The summed E-state index contributed by atoms with van der Waals surface area (Å²) in [4.78, 5) is 16.1. The summed E-state index contributed by atoms with van der Waals surface area (Å²) in [6.07, 6.45) is 4.29. The zero-order chi connectivity index (χ0) is 19.2. The largest absolute Gasteiger partial charge is 0.379 e. The van der Waals surface area contributed by atoms with E-state index in [1.165, 1.54) is 0 Å². The molecule has 3 N–H and O–H groups in total. The molecule has 1 amide bonds. The fraction of sp³-hybridized carbons (Fsp3) is 0.600. The second-order valence-corrected chi connectivity index (χ2v) is 6.46. The molecule has 1 atom stereocenters. The van der Waals surface area contributed by atoms with Crippen LogP contribution in [0, 0.1) is 0 Å². The lowest BCUT2D eigenvalue weighted by atomic mass is 10.2. The molecule has 0 aromatic heterocycles. The van der Waals surface area contributed by atoms with E-state index in [2.05, 4.69) is 20.9 Å². The predicted octanol–water partition coefficient (Wildman–Crippen LogP) is 2.18. The number of guanidine groups is 1. The Kier molecular flexibility index (Phi) is 13.7. The first-order valence-electron chi connectivity index (χ1n) is 9.76. The molecular formula is C20H33IN4O3. The van der Waals surface area contributed by atoms with Crippen molar-refractivity contribution < 1.29 is 14.3 Å². The van der Waals surface area contributed by atoms with Gasteiger partial charge in [0.25, 0.3) is 5.91 Å². The quantitative estimate of drug-likeness (QED) is 0.186. The van der Waals surface area contributed by atoms with Crippen molar-refractivity contribution in [3.8, 4) is 0 Å². The standard InChI is InChI=1S/C20H32N4O3.HI/c1-21-20(24-13-7-14-26-16-18-10-5-15-27-18)23-12-6-11-22-19(25)17-8-3-2-4-9-17;/h2-4,8-9,18H,5-7,10-16H2,1H3,(H,22,25)(H2,21,23,24);1H. The number of amides is 1. The summed E-state index contributed by atoms with van der Waals surface area (Å²) in [5, 5.41) is 9.42. The van der Waals surface area contributed by atoms with E-state index in [0.29, 0.717) is 18.7 Å². The molecule has 1 aliphatic rings. The van der Waals surface area contributed by atoms with Crippen molar-refractivity contribution in [2.45, 2.75) is 31.8 Å². The third-order valence-electron chi connectivity index (χ3n) is 4.28. The van der Waals surface area contributed by atoms with Crippen molar-refractivity contribution in [3.63, 3.8) is 0 Å². The van der Waals surface area contributed by atoms with Gasteiger partial charge in [-0.1, -0.05) is 18.2 Å². The normalized spacial score (nSPS) is 16.3. The van der Waals surface area contributed by atoms with Crippen molar-refractivity contribution in [1.29, 1.82) is 0 Å². The zero-order valence-electron chi connectivity index (χ0n) is 16.6. The van der Waals surface area contributed by atoms with Crippen LogP contribution in [-0.2, 0) is 9.47 Å². The van der Waals surface area contributed by atoms with Gasteiger partial charge < -0.3 is 25.4 Å². The maximum Gasteiger partial charge on any atom is 0.251 e. The zero-order valence-corrected chi connectivity index (χ0v) is 18.9. The molecule has 8 heteroatoms. The lowest BCUT2D eigenvalue weighted by Crippen LogP contribution is -2.39. The van der Waals surface area contributed by atoms with Gasteiger partial charge in [0.2, 0.25) is 0 Å². The number of halogens is 1. The maximum absolute atomic E-state index is 11.9.